The van der Waals surface area contributed by atoms with Gasteiger partial charge in [0.05, 0.1) is 5.92 Å². The molecule has 3 nitrogen and oxygen atoms in total. The number of carbonyl (C=O) groups excluding carboxylic acids is 1. The highest BCUT2D eigenvalue weighted by molar-refractivity contribution is 5.85. The molecular weight excluding hydrogens is 272 g/mol. The first-order chi connectivity index (χ1) is 9.22. The van der Waals surface area contributed by atoms with Crippen molar-refractivity contribution in [3.63, 3.8) is 0 Å². The minimum atomic E-state index is 0. The summed E-state index contributed by atoms with van der Waals surface area (Å²) in [5.41, 5.74) is 2.57. The number of hydrogen-bond acceptors (Lipinski definition) is 2. The first kappa shape index (κ1) is 17.0. The van der Waals surface area contributed by atoms with Crippen LogP contribution in [-0.2, 0) is 11.2 Å². The Morgan fingerprint density at radius 3 is 2.90 bits per heavy atom. The summed E-state index contributed by atoms with van der Waals surface area (Å²) in [6.45, 7) is 5.81. The molecule has 20 heavy (non-hydrogen) atoms. The summed E-state index contributed by atoms with van der Waals surface area (Å²) in [5.74, 6) is 0.218. The Labute approximate surface area is 127 Å². The highest BCUT2D eigenvalue weighted by Crippen LogP contribution is 2.31. The third-order valence-corrected chi connectivity index (χ3v) is 3.82. The SMILES string of the molecule is CCN[C@H](C)CNC(=O)C1CCCc2ccccc21.Cl. The molecule has 2 atom stereocenters. The van der Waals surface area contributed by atoms with Crippen LogP contribution in [-0.4, -0.2) is 25.0 Å². The average molecular weight is 297 g/mol. The fourth-order valence-corrected chi connectivity index (χ4v) is 2.82. The maximum atomic E-state index is 12.3. The van der Waals surface area contributed by atoms with E-state index in [0.29, 0.717) is 12.6 Å². The molecule has 0 aliphatic heterocycles. The van der Waals surface area contributed by atoms with E-state index in [-0.39, 0.29) is 24.2 Å². The molecule has 0 bridgehead atoms. The van der Waals surface area contributed by atoms with Gasteiger partial charge in [0.1, 0.15) is 0 Å². The van der Waals surface area contributed by atoms with E-state index in [9.17, 15) is 4.79 Å². The normalized spacial score (nSPS) is 18.6. The summed E-state index contributed by atoms with van der Waals surface area (Å²) in [7, 11) is 0. The molecule has 1 unspecified atom stereocenters. The predicted molar refractivity (Wildman–Crippen MR) is 85.5 cm³/mol. The number of halogens is 1. The Kier molecular flexibility index (Phi) is 7.03. The molecule has 0 saturated heterocycles. The molecule has 1 aliphatic carbocycles. The highest BCUT2D eigenvalue weighted by Gasteiger charge is 2.25. The second-order valence-corrected chi connectivity index (χ2v) is 5.35. The lowest BCUT2D eigenvalue weighted by molar-refractivity contribution is -0.122. The average Bonchev–Trinajstić information content (AvgIpc) is 2.44. The number of amides is 1. The number of carbonyl (C=O) groups is 1. The zero-order chi connectivity index (χ0) is 13.7. The Morgan fingerprint density at radius 2 is 2.15 bits per heavy atom. The molecule has 4 heteroatoms. The van der Waals surface area contributed by atoms with Crippen LogP contribution in [0.15, 0.2) is 24.3 Å². The molecule has 0 spiro atoms. The summed E-state index contributed by atoms with van der Waals surface area (Å²) in [5, 5.41) is 6.38. The maximum absolute atomic E-state index is 12.3. The third-order valence-electron chi connectivity index (χ3n) is 3.82. The number of benzene rings is 1. The fraction of sp³-hybridized carbons (Fsp3) is 0.562. The molecule has 0 radical (unpaired) electrons. The molecule has 1 aliphatic rings. The Morgan fingerprint density at radius 1 is 1.40 bits per heavy atom. The van der Waals surface area contributed by atoms with E-state index < -0.39 is 0 Å². The number of hydrogen-bond donors (Lipinski definition) is 2. The van der Waals surface area contributed by atoms with E-state index in [1.54, 1.807) is 0 Å². The molecule has 0 fully saturated rings. The smallest absolute Gasteiger partial charge is 0.227 e. The first-order valence-electron chi connectivity index (χ1n) is 7.31. The Bertz CT molecular complexity index is 436. The van der Waals surface area contributed by atoms with Gasteiger partial charge >= 0.3 is 0 Å². The van der Waals surface area contributed by atoms with E-state index >= 15 is 0 Å². The van der Waals surface area contributed by atoms with E-state index in [1.165, 1.54) is 11.1 Å². The molecule has 1 amide bonds. The van der Waals surface area contributed by atoms with Gasteiger partial charge in [-0.15, -0.1) is 12.4 Å². The van der Waals surface area contributed by atoms with Crippen LogP contribution in [0.25, 0.3) is 0 Å². The molecule has 0 heterocycles. The van der Waals surface area contributed by atoms with Crippen LogP contribution in [0.1, 0.15) is 43.7 Å². The number of likely N-dealkylation sites (N-methyl/N-ethyl adjacent to an activating group) is 1. The van der Waals surface area contributed by atoms with Crippen molar-refractivity contribution in [2.45, 2.75) is 45.1 Å². The van der Waals surface area contributed by atoms with Crippen LogP contribution in [0, 0.1) is 0 Å². The fourth-order valence-electron chi connectivity index (χ4n) is 2.82. The zero-order valence-electron chi connectivity index (χ0n) is 12.3. The van der Waals surface area contributed by atoms with E-state index in [0.717, 1.165) is 25.8 Å². The van der Waals surface area contributed by atoms with Crippen molar-refractivity contribution in [2.24, 2.45) is 0 Å². The molecule has 0 aromatic heterocycles. The topological polar surface area (TPSA) is 41.1 Å². The van der Waals surface area contributed by atoms with E-state index in [1.807, 2.05) is 6.07 Å². The summed E-state index contributed by atoms with van der Waals surface area (Å²) in [6.07, 6.45) is 3.18. The maximum Gasteiger partial charge on any atom is 0.227 e. The van der Waals surface area contributed by atoms with Gasteiger partial charge in [0.2, 0.25) is 5.91 Å². The number of aryl methyl sites for hydroxylation is 1. The zero-order valence-corrected chi connectivity index (χ0v) is 13.1. The van der Waals surface area contributed by atoms with Crippen LogP contribution >= 0.6 is 12.4 Å². The first-order valence-corrected chi connectivity index (χ1v) is 7.31. The van der Waals surface area contributed by atoms with Crippen molar-refractivity contribution in [1.82, 2.24) is 10.6 Å². The standard InChI is InChI=1S/C16H24N2O.ClH/c1-3-17-12(2)11-18-16(19)15-10-6-8-13-7-4-5-9-14(13)15;/h4-5,7,9,12,15,17H,3,6,8,10-11H2,1-2H3,(H,18,19);1H/t12-,15?;/m1./s1. The summed E-state index contributed by atoms with van der Waals surface area (Å²) in [6, 6.07) is 8.67. The van der Waals surface area contributed by atoms with Crippen molar-refractivity contribution in [3.05, 3.63) is 35.4 Å². The lowest BCUT2D eigenvalue weighted by Crippen LogP contribution is -2.41. The summed E-state index contributed by atoms with van der Waals surface area (Å²) in [4.78, 5) is 12.3. The minimum Gasteiger partial charge on any atom is -0.354 e. The molecule has 1 aromatic carbocycles. The van der Waals surface area contributed by atoms with Crippen LogP contribution in [0.3, 0.4) is 0 Å². The van der Waals surface area contributed by atoms with Gasteiger partial charge < -0.3 is 10.6 Å². The van der Waals surface area contributed by atoms with E-state index in [4.69, 9.17) is 0 Å². The van der Waals surface area contributed by atoms with Gasteiger partial charge in [0, 0.05) is 12.6 Å². The number of nitrogens with one attached hydrogen (secondary N) is 2. The Balaban J connectivity index is 0.00000200. The predicted octanol–water partition coefficient (Wildman–Crippen LogP) is 2.64. The Hall–Kier alpha value is -1.06. The third kappa shape index (κ3) is 4.22. The molecule has 0 saturated carbocycles. The van der Waals surface area contributed by atoms with Gasteiger partial charge in [-0.3, -0.25) is 4.79 Å². The molecule has 2 N–H and O–H groups in total. The van der Waals surface area contributed by atoms with Crippen molar-refractivity contribution in [3.8, 4) is 0 Å². The van der Waals surface area contributed by atoms with Crippen molar-refractivity contribution < 1.29 is 4.79 Å². The quantitative estimate of drug-likeness (QED) is 0.877. The summed E-state index contributed by atoms with van der Waals surface area (Å²) < 4.78 is 0. The van der Waals surface area contributed by atoms with Gasteiger partial charge in [-0.25, -0.2) is 0 Å². The van der Waals surface area contributed by atoms with Gasteiger partial charge in [0.25, 0.3) is 0 Å². The van der Waals surface area contributed by atoms with Crippen LogP contribution in [0.4, 0.5) is 0 Å². The summed E-state index contributed by atoms with van der Waals surface area (Å²) >= 11 is 0. The molecule has 112 valence electrons. The van der Waals surface area contributed by atoms with Crippen LogP contribution < -0.4 is 10.6 Å². The lowest BCUT2D eigenvalue weighted by Gasteiger charge is -2.25. The van der Waals surface area contributed by atoms with Gasteiger partial charge in [-0.1, -0.05) is 31.2 Å². The molecule has 1 aromatic rings. The van der Waals surface area contributed by atoms with Crippen molar-refractivity contribution in [1.29, 1.82) is 0 Å². The number of fused-ring (bicyclic) bond motifs is 1. The van der Waals surface area contributed by atoms with Gasteiger partial charge in [-0.05, 0) is 43.9 Å². The lowest BCUT2D eigenvalue weighted by atomic mass is 9.82. The van der Waals surface area contributed by atoms with Crippen LogP contribution in [0.5, 0.6) is 0 Å². The van der Waals surface area contributed by atoms with Gasteiger partial charge in [0.15, 0.2) is 0 Å². The van der Waals surface area contributed by atoms with Crippen molar-refractivity contribution >= 4 is 18.3 Å². The highest BCUT2D eigenvalue weighted by atomic mass is 35.5. The van der Waals surface area contributed by atoms with Crippen molar-refractivity contribution in [2.75, 3.05) is 13.1 Å². The number of rotatable bonds is 5. The second kappa shape index (κ2) is 8.28. The van der Waals surface area contributed by atoms with E-state index in [2.05, 4.69) is 42.7 Å². The second-order valence-electron chi connectivity index (χ2n) is 5.35. The molecule has 2 rings (SSSR count). The van der Waals surface area contributed by atoms with Gasteiger partial charge in [-0.2, -0.15) is 0 Å². The molecular formula is C16H25ClN2O. The minimum absolute atomic E-state index is 0. The van der Waals surface area contributed by atoms with Crippen LogP contribution in [0.2, 0.25) is 0 Å². The largest absolute Gasteiger partial charge is 0.354 e. The monoisotopic (exact) mass is 296 g/mol.